The standard InChI is InChI=1S/C19H21FN4O2S/c1-4-9-24-12(3)16(18(25)21-15-10-11(2)26-23-15)17(22-19(24)27)13-7-5-6-8-14(13)20/h5-8,10,17H,4,9H2,1-3H3,(H,22,27)(H,21,23,25)/t17-/m0/s1. The number of halogens is 1. The average Bonchev–Trinajstić information content (AvgIpc) is 3.03. The highest BCUT2D eigenvalue weighted by atomic mass is 32.1. The van der Waals surface area contributed by atoms with Crippen molar-refractivity contribution in [3.63, 3.8) is 0 Å². The van der Waals surface area contributed by atoms with Crippen molar-refractivity contribution in [2.45, 2.75) is 33.2 Å². The van der Waals surface area contributed by atoms with Gasteiger partial charge in [0.2, 0.25) is 0 Å². The quantitative estimate of drug-likeness (QED) is 0.762. The Kier molecular flexibility index (Phi) is 5.55. The lowest BCUT2D eigenvalue weighted by atomic mass is 9.94. The van der Waals surface area contributed by atoms with Crippen LogP contribution in [0, 0.1) is 12.7 Å². The number of thiocarbonyl (C=S) groups is 1. The number of anilines is 1. The molecule has 0 saturated carbocycles. The first-order valence-corrected chi connectivity index (χ1v) is 9.11. The summed E-state index contributed by atoms with van der Waals surface area (Å²) in [5.74, 6) is 0.0970. The van der Waals surface area contributed by atoms with Gasteiger partial charge < -0.3 is 20.1 Å². The first kappa shape index (κ1) is 19.0. The molecule has 1 amide bonds. The summed E-state index contributed by atoms with van der Waals surface area (Å²) in [7, 11) is 0. The number of carbonyl (C=O) groups excluding carboxylic acids is 1. The van der Waals surface area contributed by atoms with Gasteiger partial charge in [-0.2, -0.15) is 0 Å². The van der Waals surface area contributed by atoms with Crippen molar-refractivity contribution in [1.29, 1.82) is 0 Å². The van der Waals surface area contributed by atoms with Crippen molar-refractivity contribution < 1.29 is 13.7 Å². The van der Waals surface area contributed by atoms with Crippen LogP contribution in [0.5, 0.6) is 0 Å². The van der Waals surface area contributed by atoms with Gasteiger partial charge >= 0.3 is 0 Å². The van der Waals surface area contributed by atoms with Crippen LogP contribution in [0.1, 0.15) is 37.6 Å². The van der Waals surface area contributed by atoms with Crippen LogP contribution < -0.4 is 10.6 Å². The van der Waals surface area contributed by atoms with E-state index in [1.54, 1.807) is 31.2 Å². The highest BCUT2D eigenvalue weighted by Gasteiger charge is 2.35. The number of aryl methyl sites for hydroxylation is 1. The minimum atomic E-state index is -0.695. The van der Waals surface area contributed by atoms with Crippen LogP contribution in [0.3, 0.4) is 0 Å². The van der Waals surface area contributed by atoms with Crippen LogP contribution in [0.25, 0.3) is 0 Å². The van der Waals surface area contributed by atoms with Gasteiger partial charge in [-0.25, -0.2) is 4.39 Å². The third-order valence-electron chi connectivity index (χ3n) is 4.37. The van der Waals surface area contributed by atoms with Gasteiger partial charge in [0.05, 0.1) is 11.6 Å². The fourth-order valence-electron chi connectivity index (χ4n) is 3.12. The number of nitrogens with one attached hydrogen (secondary N) is 2. The molecule has 142 valence electrons. The summed E-state index contributed by atoms with van der Waals surface area (Å²) in [4.78, 5) is 14.9. The third-order valence-corrected chi connectivity index (χ3v) is 4.71. The minimum absolute atomic E-state index is 0.306. The van der Waals surface area contributed by atoms with Crippen LogP contribution in [0.4, 0.5) is 10.2 Å². The van der Waals surface area contributed by atoms with Gasteiger partial charge in [0.1, 0.15) is 11.6 Å². The Hall–Kier alpha value is -2.74. The summed E-state index contributed by atoms with van der Waals surface area (Å²) in [5, 5.41) is 10.1. The predicted octanol–water partition coefficient (Wildman–Crippen LogP) is 3.68. The molecule has 27 heavy (non-hydrogen) atoms. The Morgan fingerprint density at radius 2 is 2.15 bits per heavy atom. The Labute approximate surface area is 162 Å². The molecule has 2 heterocycles. The first-order valence-electron chi connectivity index (χ1n) is 8.70. The number of nitrogens with zero attached hydrogens (tertiary/aromatic N) is 2. The number of rotatable bonds is 5. The summed E-state index contributed by atoms with van der Waals surface area (Å²) < 4.78 is 19.5. The van der Waals surface area contributed by atoms with Gasteiger partial charge in [-0.1, -0.05) is 30.3 Å². The molecule has 1 aliphatic heterocycles. The maximum absolute atomic E-state index is 14.5. The maximum Gasteiger partial charge on any atom is 0.257 e. The zero-order chi connectivity index (χ0) is 19.6. The SMILES string of the molecule is CCCN1C(=S)N[C@@H](c2ccccc2F)C(C(=O)Nc2cc(C)on2)=C1C. The third kappa shape index (κ3) is 3.85. The molecule has 3 rings (SSSR count). The van der Waals surface area contributed by atoms with E-state index in [0.29, 0.717) is 40.1 Å². The second-order valence-electron chi connectivity index (χ2n) is 6.33. The Bertz CT molecular complexity index is 909. The second kappa shape index (κ2) is 7.87. The molecule has 1 aromatic carbocycles. The van der Waals surface area contributed by atoms with E-state index in [4.69, 9.17) is 16.7 Å². The maximum atomic E-state index is 14.5. The summed E-state index contributed by atoms with van der Waals surface area (Å²) in [6.45, 7) is 6.23. The molecule has 6 nitrogen and oxygen atoms in total. The van der Waals surface area contributed by atoms with Crippen molar-refractivity contribution in [2.75, 3.05) is 11.9 Å². The van der Waals surface area contributed by atoms with Crippen molar-refractivity contribution in [2.24, 2.45) is 0 Å². The minimum Gasteiger partial charge on any atom is -0.360 e. The fourth-order valence-corrected chi connectivity index (χ4v) is 3.47. The van der Waals surface area contributed by atoms with Gasteiger partial charge in [-0.05, 0) is 38.6 Å². The van der Waals surface area contributed by atoms with Gasteiger partial charge in [0.25, 0.3) is 5.91 Å². The van der Waals surface area contributed by atoms with Crippen molar-refractivity contribution >= 4 is 29.1 Å². The molecule has 1 aliphatic rings. The number of benzene rings is 1. The average molecular weight is 388 g/mol. The first-order chi connectivity index (χ1) is 12.9. The second-order valence-corrected chi connectivity index (χ2v) is 6.72. The number of allylic oxidation sites excluding steroid dienone is 1. The summed E-state index contributed by atoms with van der Waals surface area (Å²) >= 11 is 5.46. The summed E-state index contributed by atoms with van der Waals surface area (Å²) in [5.41, 5.74) is 1.44. The molecular formula is C19H21FN4O2S. The summed E-state index contributed by atoms with van der Waals surface area (Å²) in [6, 6.07) is 7.28. The van der Waals surface area contributed by atoms with Crippen LogP contribution in [0.15, 0.2) is 46.1 Å². The molecule has 0 spiro atoms. The molecule has 0 saturated heterocycles. The number of amides is 1. The zero-order valence-electron chi connectivity index (χ0n) is 15.4. The van der Waals surface area contributed by atoms with E-state index in [1.807, 2.05) is 18.7 Å². The molecule has 0 radical (unpaired) electrons. The van der Waals surface area contributed by atoms with Gasteiger partial charge in [-0.3, -0.25) is 4.79 Å². The molecule has 1 atom stereocenters. The van der Waals surface area contributed by atoms with E-state index in [0.717, 1.165) is 6.42 Å². The number of hydrogen-bond donors (Lipinski definition) is 2. The van der Waals surface area contributed by atoms with Crippen molar-refractivity contribution in [1.82, 2.24) is 15.4 Å². The summed E-state index contributed by atoms with van der Waals surface area (Å²) in [6.07, 6.45) is 0.848. The van der Waals surface area contributed by atoms with Gasteiger partial charge in [0.15, 0.2) is 10.9 Å². The lowest BCUT2D eigenvalue weighted by Crippen LogP contribution is -2.48. The molecule has 8 heteroatoms. The highest BCUT2D eigenvalue weighted by molar-refractivity contribution is 7.80. The molecular weight excluding hydrogens is 367 g/mol. The molecule has 0 bridgehead atoms. The van der Waals surface area contributed by atoms with Crippen molar-refractivity contribution in [3.05, 3.63) is 58.7 Å². The van der Waals surface area contributed by atoms with Crippen molar-refractivity contribution in [3.8, 4) is 0 Å². The van der Waals surface area contributed by atoms with E-state index < -0.39 is 11.9 Å². The van der Waals surface area contributed by atoms with E-state index in [1.165, 1.54) is 6.07 Å². The topological polar surface area (TPSA) is 70.4 Å². The predicted molar refractivity (Wildman–Crippen MR) is 104 cm³/mol. The molecule has 2 N–H and O–H groups in total. The lowest BCUT2D eigenvalue weighted by Gasteiger charge is -2.37. The Morgan fingerprint density at radius 3 is 2.78 bits per heavy atom. The number of hydrogen-bond acceptors (Lipinski definition) is 4. The van der Waals surface area contributed by atoms with E-state index >= 15 is 0 Å². The molecule has 0 aliphatic carbocycles. The molecule has 2 aromatic rings. The molecule has 1 aromatic heterocycles. The van der Waals surface area contributed by atoms with Crippen LogP contribution >= 0.6 is 12.2 Å². The number of aromatic nitrogens is 1. The Balaban J connectivity index is 2.04. The smallest absolute Gasteiger partial charge is 0.257 e. The zero-order valence-corrected chi connectivity index (χ0v) is 16.2. The monoisotopic (exact) mass is 388 g/mol. The number of carbonyl (C=O) groups is 1. The largest absolute Gasteiger partial charge is 0.360 e. The van der Waals surface area contributed by atoms with Crippen LogP contribution in [-0.4, -0.2) is 27.6 Å². The fraction of sp³-hybridized carbons (Fsp3) is 0.316. The van der Waals surface area contributed by atoms with Crippen LogP contribution in [-0.2, 0) is 4.79 Å². The molecule has 0 unspecified atom stereocenters. The normalized spacial score (nSPS) is 17.1. The van der Waals surface area contributed by atoms with E-state index in [9.17, 15) is 9.18 Å². The van der Waals surface area contributed by atoms with E-state index in [2.05, 4.69) is 15.8 Å². The van der Waals surface area contributed by atoms with Gasteiger partial charge in [0, 0.05) is 23.9 Å². The van der Waals surface area contributed by atoms with E-state index in [-0.39, 0.29) is 5.91 Å². The highest BCUT2D eigenvalue weighted by Crippen LogP contribution is 2.32. The lowest BCUT2D eigenvalue weighted by molar-refractivity contribution is -0.113. The Morgan fingerprint density at radius 1 is 1.41 bits per heavy atom. The van der Waals surface area contributed by atoms with Gasteiger partial charge in [-0.15, -0.1) is 0 Å². The molecule has 0 fully saturated rings. The van der Waals surface area contributed by atoms with Crippen LogP contribution in [0.2, 0.25) is 0 Å².